The molecule has 0 spiro atoms. The molecule has 5 heteroatoms. The van der Waals surface area contributed by atoms with E-state index in [4.69, 9.17) is 4.42 Å². The lowest BCUT2D eigenvalue weighted by molar-refractivity contribution is -0.126. The van der Waals surface area contributed by atoms with E-state index in [0.29, 0.717) is 5.76 Å². The van der Waals surface area contributed by atoms with Crippen LogP contribution in [0.1, 0.15) is 38.0 Å². The van der Waals surface area contributed by atoms with Crippen molar-refractivity contribution in [3.8, 4) is 0 Å². The molecule has 0 bridgehead atoms. The molecule has 1 saturated heterocycles. The van der Waals surface area contributed by atoms with Crippen LogP contribution in [-0.2, 0) is 4.79 Å². The van der Waals surface area contributed by atoms with E-state index in [1.165, 1.54) is 0 Å². The van der Waals surface area contributed by atoms with Gasteiger partial charge in [0.05, 0.1) is 18.9 Å². The number of carbonyl (C=O) groups is 1. The highest BCUT2D eigenvalue weighted by Gasteiger charge is 2.31. The maximum absolute atomic E-state index is 12.3. The van der Waals surface area contributed by atoms with Gasteiger partial charge in [-0.15, -0.1) is 0 Å². The molecule has 2 N–H and O–H groups in total. The van der Waals surface area contributed by atoms with Gasteiger partial charge in [-0.2, -0.15) is 0 Å². The Bertz CT molecular complexity index is 391. The van der Waals surface area contributed by atoms with Gasteiger partial charge in [0, 0.05) is 0 Å². The Morgan fingerprint density at radius 2 is 2.53 bits per heavy atom. The van der Waals surface area contributed by atoms with E-state index in [-0.39, 0.29) is 18.6 Å². The van der Waals surface area contributed by atoms with Gasteiger partial charge in [-0.25, -0.2) is 0 Å². The Labute approximate surface area is 113 Å². The van der Waals surface area contributed by atoms with E-state index in [1.54, 1.807) is 18.4 Å². The Morgan fingerprint density at radius 1 is 1.68 bits per heavy atom. The fourth-order valence-corrected chi connectivity index (χ4v) is 2.64. The Kier molecular flexibility index (Phi) is 4.99. The summed E-state index contributed by atoms with van der Waals surface area (Å²) in [4.78, 5) is 14.5. The molecule has 0 radical (unpaired) electrons. The predicted octanol–water partition coefficient (Wildman–Crippen LogP) is 1.30. The van der Waals surface area contributed by atoms with Gasteiger partial charge in [0.15, 0.2) is 0 Å². The lowest BCUT2D eigenvalue weighted by atomic mass is 10.1. The zero-order valence-electron chi connectivity index (χ0n) is 11.3. The summed E-state index contributed by atoms with van der Waals surface area (Å²) in [6.45, 7) is 3.89. The largest absolute Gasteiger partial charge is 0.467 e. The lowest BCUT2D eigenvalue weighted by Crippen LogP contribution is -2.45. The topological polar surface area (TPSA) is 65.7 Å². The van der Waals surface area contributed by atoms with Gasteiger partial charge >= 0.3 is 0 Å². The van der Waals surface area contributed by atoms with Crippen molar-refractivity contribution in [1.29, 1.82) is 0 Å². The molecule has 0 saturated carbocycles. The van der Waals surface area contributed by atoms with Crippen molar-refractivity contribution in [1.82, 2.24) is 10.2 Å². The second kappa shape index (κ2) is 6.73. The van der Waals surface area contributed by atoms with E-state index < -0.39 is 6.04 Å². The van der Waals surface area contributed by atoms with Crippen LogP contribution < -0.4 is 5.32 Å². The second-order valence-electron chi connectivity index (χ2n) is 4.95. The van der Waals surface area contributed by atoms with Crippen LogP contribution in [0.15, 0.2) is 22.8 Å². The van der Waals surface area contributed by atoms with Crippen molar-refractivity contribution in [3.63, 3.8) is 0 Å². The third kappa shape index (κ3) is 3.36. The minimum absolute atomic E-state index is 0.0126. The Morgan fingerprint density at radius 3 is 3.16 bits per heavy atom. The smallest absolute Gasteiger partial charge is 0.238 e. The van der Waals surface area contributed by atoms with Crippen LogP contribution in [0.2, 0.25) is 0 Å². The number of aliphatic hydroxyl groups is 1. The number of nitrogens with zero attached hydrogens (tertiary/aromatic N) is 1. The number of carbonyl (C=O) groups excluding carboxylic acids is 1. The van der Waals surface area contributed by atoms with Gasteiger partial charge in [-0.05, 0) is 44.5 Å². The standard InChI is InChI=1S/C14H22N2O3/c1-2-7-16-8-3-5-12(16)14(18)15-11(10-17)13-6-4-9-19-13/h4,6,9,11-12,17H,2-3,5,7-8,10H2,1H3,(H,15,18). The highest BCUT2D eigenvalue weighted by molar-refractivity contribution is 5.82. The van der Waals surface area contributed by atoms with Crippen molar-refractivity contribution < 1.29 is 14.3 Å². The van der Waals surface area contributed by atoms with Crippen LogP contribution in [0.5, 0.6) is 0 Å². The molecule has 1 fully saturated rings. The van der Waals surface area contributed by atoms with Gasteiger partial charge in [-0.1, -0.05) is 6.92 Å². The van der Waals surface area contributed by atoms with Crippen LogP contribution in [0.4, 0.5) is 0 Å². The Hall–Kier alpha value is -1.33. The number of hydrogen-bond acceptors (Lipinski definition) is 4. The van der Waals surface area contributed by atoms with Gasteiger partial charge in [0.25, 0.3) is 0 Å². The third-order valence-electron chi connectivity index (χ3n) is 3.56. The van der Waals surface area contributed by atoms with E-state index in [2.05, 4.69) is 17.1 Å². The average Bonchev–Trinajstić information content (AvgIpc) is 3.06. The monoisotopic (exact) mass is 266 g/mol. The third-order valence-corrected chi connectivity index (χ3v) is 3.56. The van der Waals surface area contributed by atoms with Crippen LogP contribution in [0.3, 0.4) is 0 Å². The van der Waals surface area contributed by atoms with E-state index in [9.17, 15) is 9.90 Å². The van der Waals surface area contributed by atoms with Crippen LogP contribution in [0, 0.1) is 0 Å². The molecule has 2 rings (SSSR count). The average molecular weight is 266 g/mol. The molecule has 1 amide bonds. The summed E-state index contributed by atoms with van der Waals surface area (Å²) in [6.07, 6.45) is 4.54. The molecule has 0 aromatic carbocycles. The maximum atomic E-state index is 12.3. The van der Waals surface area contributed by atoms with Crippen LogP contribution >= 0.6 is 0 Å². The number of hydrogen-bond donors (Lipinski definition) is 2. The molecule has 5 nitrogen and oxygen atoms in total. The van der Waals surface area contributed by atoms with Crippen molar-refractivity contribution in [2.75, 3.05) is 19.7 Å². The lowest BCUT2D eigenvalue weighted by Gasteiger charge is -2.24. The van der Waals surface area contributed by atoms with Crippen LogP contribution in [0.25, 0.3) is 0 Å². The first-order valence-corrected chi connectivity index (χ1v) is 6.95. The summed E-state index contributed by atoms with van der Waals surface area (Å²) >= 11 is 0. The summed E-state index contributed by atoms with van der Waals surface area (Å²) < 4.78 is 5.24. The normalized spacial score (nSPS) is 21.5. The summed E-state index contributed by atoms with van der Waals surface area (Å²) in [5.74, 6) is 0.581. The molecular formula is C14H22N2O3. The molecule has 2 atom stereocenters. The highest BCUT2D eigenvalue weighted by Crippen LogP contribution is 2.19. The van der Waals surface area contributed by atoms with Crippen molar-refractivity contribution in [2.24, 2.45) is 0 Å². The molecule has 2 heterocycles. The predicted molar refractivity (Wildman–Crippen MR) is 71.6 cm³/mol. The van der Waals surface area contributed by atoms with Crippen LogP contribution in [-0.4, -0.2) is 41.7 Å². The zero-order valence-corrected chi connectivity index (χ0v) is 11.3. The summed E-state index contributed by atoms with van der Waals surface area (Å²) in [5.41, 5.74) is 0. The van der Waals surface area contributed by atoms with Gasteiger partial charge in [-0.3, -0.25) is 9.69 Å². The second-order valence-corrected chi connectivity index (χ2v) is 4.95. The number of likely N-dealkylation sites (tertiary alicyclic amines) is 1. The zero-order chi connectivity index (χ0) is 13.7. The molecule has 1 aromatic heterocycles. The van der Waals surface area contributed by atoms with Gasteiger partial charge in [0.2, 0.25) is 5.91 Å². The Balaban J connectivity index is 1.95. The quantitative estimate of drug-likeness (QED) is 0.814. The minimum atomic E-state index is -0.452. The fraction of sp³-hybridized carbons (Fsp3) is 0.643. The molecule has 106 valence electrons. The first-order chi connectivity index (χ1) is 9.26. The fourth-order valence-electron chi connectivity index (χ4n) is 2.64. The number of furan rings is 1. The number of amides is 1. The minimum Gasteiger partial charge on any atom is -0.467 e. The summed E-state index contributed by atoms with van der Waals surface area (Å²) in [5, 5.41) is 12.2. The van der Waals surface area contributed by atoms with Gasteiger partial charge < -0.3 is 14.8 Å². The van der Waals surface area contributed by atoms with Crippen molar-refractivity contribution in [2.45, 2.75) is 38.3 Å². The SMILES string of the molecule is CCCN1CCCC1C(=O)NC(CO)c1ccco1. The van der Waals surface area contributed by atoms with Crippen molar-refractivity contribution in [3.05, 3.63) is 24.2 Å². The van der Waals surface area contributed by atoms with E-state index in [0.717, 1.165) is 32.4 Å². The summed E-state index contributed by atoms with van der Waals surface area (Å²) in [7, 11) is 0. The molecule has 0 aliphatic carbocycles. The summed E-state index contributed by atoms with van der Waals surface area (Å²) in [6, 6.07) is 3.00. The molecular weight excluding hydrogens is 244 g/mol. The molecule has 1 aliphatic heterocycles. The van der Waals surface area contributed by atoms with Crippen molar-refractivity contribution >= 4 is 5.91 Å². The molecule has 19 heavy (non-hydrogen) atoms. The number of nitrogens with one attached hydrogen (secondary N) is 1. The highest BCUT2D eigenvalue weighted by atomic mass is 16.3. The first kappa shape index (κ1) is 14.1. The molecule has 1 aliphatic rings. The number of rotatable bonds is 6. The van der Waals surface area contributed by atoms with Gasteiger partial charge in [0.1, 0.15) is 11.8 Å². The van der Waals surface area contributed by atoms with E-state index >= 15 is 0 Å². The number of aliphatic hydroxyl groups excluding tert-OH is 1. The molecule has 2 unspecified atom stereocenters. The first-order valence-electron chi connectivity index (χ1n) is 6.95. The maximum Gasteiger partial charge on any atom is 0.238 e. The van der Waals surface area contributed by atoms with E-state index in [1.807, 2.05) is 0 Å². The molecule has 1 aromatic rings.